The normalized spacial score (nSPS) is 14.3. The molecule has 1 aromatic carbocycles. The van der Waals surface area contributed by atoms with Crippen LogP contribution in [-0.2, 0) is 25.7 Å². The molecule has 0 bridgehead atoms. The van der Waals surface area contributed by atoms with Crippen LogP contribution in [-0.4, -0.2) is 56.8 Å². The molecule has 0 unspecified atom stereocenters. The second kappa shape index (κ2) is 13.1. The smallest absolute Gasteiger partial charge is 0.225 e. The summed E-state index contributed by atoms with van der Waals surface area (Å²) in [5.41, 5.74) is 0.926. The van der Waals surface area contributed by atoms with Crippen LogP contribution in [0.4, 0.5) is 5.82 Å². The molecule has 2 heterocycles. The Hall–Kier alpha value is -0.783. The molecule has 1 aliphatic rings. The lowest BCUT2D eigenvalue weighted by Crippen LogP contribution is -2.22. The molecule has 0 saturated carbocycles. The maximum absolute atomic E-state index is 12.0. The summed E-state index contributed by atoms with van der Waals surface area (Å²) in [5, 5.41) is 8.37. The van der Waals surface area contributed by atoms with E-state index >= 15 is 0 Å². The number of carbonyl (C=O) groups excluding carboxylic acids is 1. The van der Waals surface area contributed by atoms with Crippen molar-refractivity contribution in [1.29, 1.82) is 0 Å². The second-order valence-electron chi connectivity index (χ2n) is 8.50. The van der Waals surface area contributed by atoms with E-state index in [4.69, 9.17) is 14.2 Å². The minimum atomic E-state index is -1.12. The number of hydrogen-bond donors (Lipinski definition) is 1. The Labute approximate surface area is 202 Å². The Kier molecular flexibility index (Phi) is 11.1. The highest BCUT2D eigenvalue weighted by Gasteiger charge is 2.16. The third-order valence-corrected chi connectivity index (χ3v) is 8.03. The van der Waals surface area contributed by atoms with Crippen molar-refractivity contribution in [2.45, 2.75) is 52.2 Å². The lowest BCUT2D eigenvalue weighted by atomic mass is 10.2. The van der Waals surface area contributed by atoms with Gasteiger partial charge in [0.15, 0.2) is 5.82 Å². The average Bonchev–Trinajstić information content (AvgIpc) is 3.03. The van der Waals surface area contributed by atoms with Gasteiger partial charge in [-0.3, -0.25) is 4.79 Å². The van der Waals surface area contributed by atoms with Gasteiger partial charge in [0, 0.05) is 35.4 Å². The van der Waals surface area contributed by atoms with Crippen LogP contribution in [0.25, 0.3) is 10.9 Å². The highest BCUT2D eigenvalue weighted by atomic mass is 79.9. The molecule has 7 nitrogen and oxygen atoms in total. The summed E-state index contributed by atoms with van der Waals surface area (Å²) in [5.74, 6) is 0.559. The van der Waals surface area contributed by atoms with Gasteiger partial charge in [-0.05, 0) is 56.5 Å². The zero-order chi connectivity index (χ0) is 22.9. The number of aromatic nitrogens is 2. The van der Waals surface area contributed by atoms with Crippen LogP contribution in [0.3, 0.4) is 0 Å². The molecule has 0 aliphatic carbocycles. The van der Waals surface area contributed by atoms with Crippen molar-refractivity contribution in [3.05, 3.63) is 21.1 Å². The quantitative estimate of drug-likeness (QED) is 0.324. The van der Waals surface area contributed by atoms with Crippen LogP contribution in [0.5, 0.6) is 0 Å². The fourth-order valence-electron chi connectivity index (χ4n) is 2.75. The Morgan fingerprint density at radius 1 is 1.16 bits per heavy atom. The summed E-state index contributed by atoms with van der Waals surface area (Å²) in [7, 11) is -1.12. The zero-order valence-electron chi connectivity index (χ0n) is 18.8. The third kappa shape index (κ3) is 9.31. The van der Waals surface area contributed by atoms with Crippen molar-refractivity contribution < 1.29 is 19.0 Å². The van der Waals surface area contributed by atoms with Gasteiger partial charge in [0.2, 0.25) is 5.91 Å². The van der Waals surface area contributed by atoms with Gasteiger partial charge in [0.1, 0.15) is 6.73 Å². The molecular formula is C21H33Br2N3O4Si. The number of hydrogen-bond acceptors (Lipinski definition) is 5. The maximum Gasteiger partial charge on any atom is 0.225 e. The van der Waals surface area contributed by atoms with E-state index in [0.717, 1.165) is 65.3 Å². The number of carbonyl (C=O) groups is 1. The summed E-state index contributed by atoms with van der Waals surface area (Å²) in [6.07, 6.45) is 1.29. The van der Waals surface area contributed by atoms with Gasteiger partial charge in [0.05, 0.1) is 31.9 Å². The number of nitrogens with one attached hydrogen (secondary N) is 1. The molecule has 174 valence electrons. The molecule has 0 atom stereocenters. The van der Waals surface area contributed by atoms with Gasteiger partial charge in [0.25, 0.3) is 0 Å². The summed E-state index contributed by atoms with van der Waals surface area (Å²) in [6, 6.07) is 5.07. The van der Waals surface area contributed by atoms with E-state index in [2.05, 4.69) is 61.9 Å². The van der Waals surface area contributed by atoms with Crippen molar-refractivity contribution >= 4 is 62.6 Å². The Morgan fingerprint density at radius 2 is 1.77 bits per heavy atom. The number of rotatable bonds is 8. The minimum absolute atomic E-state index is 0.0206. The van der Waals surface area contributed by atoms with Gasteiger partial charge in [-0.1, -0.05) is 26.6 Å². The van der Waals surface area contributed by atoms with Crippen molar-refractivity contribution in [1.82, 2.24) is 9.78 Å². The van der Waals surface area contributed by atoms with Crippen LogP contribution >= 0.6 is 31.9 Å². The standard InChI is InChI=1S/C17H25Br2N3O2Si.C4H8O2/c1-5-6-16(23)20-17-12-9-13(18)14(19)10-15(12)22(21-17)11-24-7-8-25(2,3)4;1-2-6-4-3-5-1/h9-10H,5-8,11H2,1-4H3,(H,20,21,23);1-4H2. The summed E-state index contributed by atoms with van der Waals surface area (Å²) in [4.78, 5) is 12.0. The molecule has 1 aliphatic heterocycles. The number of benzene rings is 1. The SMILES string of the molecule is C1COCCO1.CCCC(=O)Nc1nn(COCC[Si](C)(C)C)c2cc(Br)c(Br)cc12. The fraction of sp³-hybridized carbons (Fsp3) is 0.619. The lowest BCUT2D eigenvalue weighted by molar-refractivity contribution is -0.116. The van der Waals surface area contributed by atoms with Crippen LogP contribution < -0.4 is 5.32 Å². The predicted molar refractivity (Wildman–Crippen MR) is 134 cm³/mol. The summed E-state index contributed by atoms with van der Waals surface area (Å²) in [6.45, 7) is 13.2. The van der Waals surface area contributed by atoms with Crippen LogP contribution in [0, 0.1) is 0 Å². The van der Waals surface area contributed by atoms with Crippen molar-refractivity contribution in [2.75, 3.05) is 38.4 Å². The first-order chi connectivity index (χ1) is 14.7. The van der Waals surface area contributed by atoms with Gasteiger partial charge >= 0.3 is 0 Å². The summed E-state index contributed by atoms with van der Waals surface area (Å²) >= 11 is 7.05. The minimum Gasteiger partial charge on any atom is -0.377 e. The summed E-state index contributed by atoms with van der Waals surface area (Å²) < 4.78 is 19.4. The molecule has 10 heteroatoms. The van der Waals surface area contributed by atoms with E-state index < -0.39 is 8.07 Å². The second-order valence-corrected chi connectivity index (χ2v) is 15.8. The van der Waals surface area contributed by atoms with E-state index in [0.29, 0.717) is 19.0 Å². The Bertz CT molecular complexity index is 840. The van der Waals surface area contributed by atoms with Crippen molar-refractivity contribution in [2.24, 2.45) is 0 Å². The van der Waals surface area contributed by atoms with Crippen molar-refractivity contribution in [3.63, 3.8) is 0 Å². The predicted octanol–water partition coefficient (Wildman–Crippen LogP) is 5.65. The largest absolute Gasteiger partial charge is 0.377 e. The van der Waals surface area contributed by atoms with Crippen LogP contribution in [0.1, 0.15) is 19.8 Å². The van der Waals surface area contributed by atoms with Crippen LogP contribution in [0.2, 0.25) is 25.7 Å². The van der Waals surface area contributed by atoms with E-state index in [9.17, 15) is 4.79 Å². The van der Waals surface area contributed by atoms with Crippen LogP contribution in [0.15, 0.2) is 21.1 Å². The van der Waals surface area contributed by atoms with Gasteiger partial charge in [-0.2, -0.15) is 5.10 Å². The van der Waals surface area contributed by atoms with Gasteiger partial charge < -0.3 is 19.5 Å². The molecule has 1 N–H and O–H groups in total. The molecule has 0 spiro atoms. The van der Waals surface area contributed by atoms with Gasteiger partial charge in [-0.15, -0.1) is 0 Å². The highest BCUT2D eigenvalue weighted by Crippen LogP contribution is 2.32. The highest BCUT2D eigenvalue weighted by molar-refractivity contribution is 9.13. The molecule has 1 aromatic heterocycles. The van der Waals surface area contributed by atoms with E-state index in [-0.39, 0.29) is 5.91 Å². The molecule has 1 saturated heterocycles. The molecule has 1 fully saturated rings. The molecule has 0 radical (unpaired) electrons. The molecule has 2 aromatic rings. The number of anilines is 1. The maximum atomic E-state index is 12.0. The number of amides is 1. The van der Waals surface area contributed by atoms with E-state index in [1.54, 1.807) is 4.68 Å². The lowest BCUT2D eigenvalue weighted by Gasteiger charge is -2.15. The molecule has 31 heavy (non-hydrogen) atoms. The average molecular weight is 579 g/mol. The number of ether oxygens (including phenoxy) is 3. The van der Waals surface area contributed by atoms with Gasteiger partial charge in [-0.25, -0.2) is 4.68 Å². The Morgan fingerprint density at radius 3 is 2.32 bits per heavy atom. The van der Waals surface area contributed by atoms with Crippen molar-refractivity contribution in [3.8, 4) is 0 Å². The molecule has 3 rings (SSSR count). The fourth-order valence-corrected chi connectivity index (χ4v) is 4.18. The van der Waals surface area contributed by atoms with E-state index in [1.165, 1.54) is 0 Å². The number of nitrogens with zero attached hydrogens (tertiary/aromatic N) is 2. The first-order valence-electron chi connectivity index (χ1n) is 10.6. The first kappa shape index (κ1) is 26.5. The molecule has 1 amide bonds. The molecular weight excluding hydrogens is 546 g/mol. The number of halogens is 2. The Balaban J connectivity index is 0.000000488. The first-order valence-corrected chi connectivity index (χ1v) is 15.9. The number of fused-ring (bicyclic) bond motifs is 1. The topological polar surface area (TPSA) is 74.6 Å². The monoisotopic (exact) mass is 577 g/mol. The third-order valence-electron chi connectivity index (χ3n) is 4.48. The zero-order valence-corrected chi connectivity index (χ0v) is 23.0. The van der Waals surface area contributed by atoms with E-state index in [1.807, 2.05) is 19.1 Å².